The molecule has 5 heteroatoms. The summed E-state index contributed by atoms with van der Waals surface area (Å²) in [5, 5.41) is 0. The Balaban J connectivity index is 2.68. The lowest BCUT2D eigenvalue weighted by molar-refractivity contribution is 0.178. The molecule has 0 bridgehead atoms. The van der Waals surface area contributed by atoms with E-state index in [-0.39, 0.29) is 0 Å². The maximum absolute atomic E-state index is 5.71. The van der Waals surface area contributed by atoms with Crippen molar-refractivity contribution in [1.29, 1.82) is 0 Å². The van der Waals surface area contributed by atoms with Crippen LogP contribution in [0.25, 0.3) is 0 Å². The van der Waals surface area contributed by atoms with Crippen LogP contribution in [-0.4, -0.2) is 44.3 Å². The molecule has 0 fully saturated rings. The quantitative estimate of drug-likeness (QED) is 0.582. The van der Waals surface area contributed by atoms with E-state index in [0.29, 0.717) is 4.99 Å². The van der Waals surface area contributed by atoms with Crippen LogP contribution in [0.3, 0.4) is 0 Å². The smallest absolute Gasteiger partial charge is 0.129 e. The van der Waals surface area contributed by atoms with Gasteiger partial charge in [0.05, 0.1) is 12.7 Å². The molecule has 0 spiro atoms. The van der Waals surface area contributed by atoms with Crippen LogP contribution in [0.4, 0.5) is 0 Å². The van der Waals surface area contributed by atoms with Gasteiger partial charge in [0.15, 0.2) is 0 Å². The van der Waals surface area contributed by atoms with Crippen LogP contribution in [0.1, 0.15) is 17.5 Å². The Morgan fingerprint density at radius 2 is 2.11 bits per heavy atom. The summed E-state index contributed by atoms with van der Waals surface area (Å²) in [6.45, 7) is 2.62. The standard InChI is InChI=1S/C14H22N2O2S/c1-16(7-4-8-17-2)10-11-5-6-13(18-3)12(9-11)14(15)19/h5-6,9H,4,7-8,10H2,1-3H3,(H2,15,19). The predicted octanol–water partition coefficient (Wildman–Crippen LogP) is 1.80. The fraction of sp³-hybridized carbons (Fsp3) is 0.500. The van der Waals surface area contributed by atoms with Crippen LogP contribution < -0.4 is 10.5 Å². The number of thiocarbonyl (C=S) groups is 1. The molecule has 0 aliphatic rings. The maximum atomic E-state index is 5.71. The topological polar surface area (TPSA) is 47.7 Å². The summed E-state index contributed by atoms with van der Waals surface area (Å²) in [7, 11) is 5.42. The van der Waals surface area contributed by atoms with Gasteiger partial charge >= 0.3 is 0 Å². The van der Waals surface area contributed by atoms with Crippen LogP contribution in [0, 0.1) is 0 Å². The summed E-state index contributed by atoms with van der Waals surface area (Å²) in [6, 6.07) is 5.94. The third kappa shape index (κ3) is 5.14. The van der Waals surface area contributed by atoms with E-state index in [9.17, 15) is 0 Å². The van der Waals surface area contributed by atoms with E-state index in [1.165, 1.54) is 5.56 Å². The third-order valence-electron chi connectivity index (χ3n) is 2.87. The average molecular weight is 282 g/mol. The van der Waals surface area contributed by atoms with Crippen molar-refractivity contribution in [1.82, 2.24) is 4.90 Å². The predicted molar refractivity (Wildman–Crippen MR) is 81.7 cm³/mol. The molecule has 0 amide bonds. The number of hydrogen-bond acceptors (Lipinski definition) is 4. The number of hydrogen-bond donors (Lipinski definition) is 1. The highest BCUT2D eigenvalue weighted by Gasteiger charge is 2.08. The first-order valence-electron chi connectivity index (χ1n) is 6.22. The van der Waals surface area contributed by atoms with E-state index < -0.39 is 0 Å². The molecule has 0 aliphatic carbocycles. The highest BCUT2D eigenvalue weighted by atomic mass is 32.1. The van der Waals surface area contributed by atoms with Crippen molar-refractivity contribution in [3.05, 3.63) is 29.3 Å². The summed E-state index contributed by atoms with van der Waals surface area (Å²) in [6.07, 6.45) is 1.02. The summed E-state index contributed by atoms with van der Waals surface area (Å²) >= 11 is 5.04. The van der Waals surface area contributed by atoms with Crippen LogP contribution in [0.2, 0.25) is 0 Å². The zero-order valence-corrected chi connectivity index (χ0v) is 12.6. The molecule has 2 N–H and O–H groups in total. The first-order chi connectivity index (χ1) is 9.08. The molecule has 0 radical (unpaired) electrons. The Morgan fingerprint density at radius 1 is 1.37 bits per heavy atom. The van der Waals surface area contributed by atoms with Crippen LogP contribution in [0.5, 0.6) is 5.75 Å². The van der Waals surface area contributed by atoms with Gasteiger partial charge in [-0.3, -0.25) is 0 Å². The lowest BCUT2D eigenvalue weighted by Gasteiger charge is -2.17. The van der Waals surface area contributed by atoms with Crippen molar-refractivity contribution in [2.75, 3.05) is 34.4 Å². The van der Waals surface area contributed by atoms with Gasteiger partial charge in [-0.1, -0.05) is 18.3 Å². The average Bonchev–Trinajstić information content (AvgIpc) is 2.39. The molecule has 0 aliphatic heterocycles. The van der Waals surface area contributed by atoms with Gasteiger partial charge < -0.3 is 20.1 Å². The molecule has 0 unspecified atom stereocenters. The molecule has 1 rings (SSSR count). The Labute approximate surface area is 120 Å². The fourth-order valence-electron chi connectivity index (χ4n) is 1.92. The first kappa shape index (κ1) is 15.9. The van der Waals surface area contributed by atoms with Crippen molar-refractivity contribution in [2.24, 2.45) is 5.73 Å². The lowest BCUT2D eigenvalue weighted by Crippen LogP contribution is -2.20. The van der Waals surface area contributed by atoms with Crippen molar-refractivity contribution >= 4 is 17.2 Å². The van der Waals surface area contributed by atoms with Crippen LogP contribution in [0.15, 0.2) is 18.2 Å². The van der Waals surface area contributed by atoms with Gasteiger partial charge in [0.25, 0.3) is 0 Å². The molecule has 0 aromatic heterocycles. The SMILES string of the molecule is COCCCN(C)Cc1ccc(OC)c(C(N)=S)c1. The van der Waals surface area contributed by atoms with Gasteiger partial charge in [0.1, 0.15) is 10.7 Å². The molecule has 0 atom stereocenters. The minimum atomic E-state index is 0.362. The summed E-state index contributed by atoms with van der Waals surface area (Å²) in [4.78, 5) is 2.60. The van der Waals surface area contributed by atoms with E-state index >= 15 is 0 Å². The number of methoxy groups -OCH3 is 2. The number of nitrogens with two attached hydrogens (primary N) is 1. The second kappa shape index (κ2) is 8.09. The Hall–Kier alpha value is -1.17. The minimum absolute atomic E-state index is 0.362. The fourth-order valence-corrected chi connectivity index (χ4v) is 2.08. The summed E-state index contributed by atoms with van der Waals surface area (Å²) in [5.74, 6) is 0.721. The molecule has 4 nitrogen and oxygen atoms in total. The van der Waals surface area contributed by atoms with Gasteiger partial charge in [0.2, 0.25) is 0 Å². The van der Waals surface area contributed by atoms with Crippen molar-refractivity contribution < 1.29 is 9.47 Å². The van der Waals surface area contributed by atoms with Crippen LogP contribution >= 0.6 is 12.2 Å². The monoisotopic (exact) mass is 282 g/mol. The van der Waals surface area contributed by atoms with E-state index in [1.807, 2.05) is 18.2 Å². The van der Waals surface area contributed by atoms with Crippen LogP contribution in [-0.2, 0) is 11.3 Å². The van der Waals surface area contributed by atoms with Gasteiger partial charge in [-0.25, -0.2) is 0 Å². The second-order valence-electron chi connectivity index (χ2n) is 4.48. The second-order valence-corrected chi connectivity index (χ2v) is 4.92. The van der Waals surface area contributed by atoms with Crippen molar-refractivity contribution in [3.8, 4) is 5.75 Å². The molecule has 106 valence electrons. The van der Waals surface area contributed by atoms with Gasteiger partial charge in [-0.05, 0) is 31.2 Å². The number of benzene rings is 1. The largest absolute Gasteiger partial charge is 0.496 e. The molecule has 1 aromatic rings. The minimum Gasteiger partial charge on any atom is -0.496 e. The van der Waals surface area contributed by atoms with E-state index in [2.05, 4.69) is 11.9 Å². The maximum Gasteiger partial charge on any atom is 0.129 e. The molecular formula is C14H22N2O2S. The number of nitrogens with zero attached hydrogens (tertiary/aromatic N) is 1. The molecule has 0 heterocycles. The van der Waals surface area contributed by atoms with Gasteiger partial charge in [0, 0.05) is 26.8 Å². The third-order valence-corrected chi connectivity index (χ3v) is 3.09. The molecule has 0 saturated heterocycles. The van der Waals surface area contributed by atoms with E-state index in [4.69, 9.17) is 27.4 Å². The zero-order chi connectivity index (χ0) is 14.3. The van der Waals surface area contributed by atoms with Gasteiger partial charge in [-0.15, -0.1) is 0 Å². The van der Waals surface area contributed by atoms with Gasteiger partial charge in [-0.2, -0.15) is 0 Å². The van der Waals surface area contributed by atoms with Crippen molar-refractivity contribution in [3.63, 3.8) is 0 Å². The summed E-state index contributed by atoms with van der Waals surface area (Å²) < 4.78 is 10.3. The Kier molecular flexibility index (Phi) is 6.77. The van der Waals surface area contributed by atoms with E-state index in [0.717, 1.165) is 37.4 Å². The number of rotatable bonds is 8. The summed E-state index contributed by atoms with van der Waals surface area (Å²) in [5.41, 5.74) is 7.67. The molecule has 1 aromatic carbocycles. The first-order valence-corrected chi connectivity index (χ1v) is 6.63. The molecular weight excluding hydrogens is 260 g/mol. The zero-order valence-electron chi connectivity index (χ0n) is 11.8. The number of ether oxygens (including phenoxy) is 2. The molecule has 0 saturated carbocycles. The Bertz CT molecular complexity index is 424. The lowest BCUT2D eigenvalue weighted by atomic mass is 10.1. The Morgan fingerprint density at radius 3 is 2.68 bits per heavy atom. The molecule has 19 heavy (non-hydrogen) atoms. The van der Waals surface area contributed by atoms with Crippen molar-refractivity contribution in [2.45, 2.75) is 13.0 Å². The highest BCUT2D eigenvalue weighted by Crippen LogP contribution is 2.20. The van der Waals surface area contributed by atoms with E-state index in [1.54, 1.807) is 14.2 Å². The highest BCUT2D eigenvalue weighted by molar-refractivity contribution is 7.80. The normalized spacial score (nSPS) is 10.7.